The van der Waals surface area contributed by atoms with Gasteiger partial charge in [0.05, 0.1) is 19.8 Å². The molecule has 2 fully saturated rings. The molecule has 2 aliphatic rings. The number of nitrogens with one attached hydrogen (secondary N) is 1. The normalized spacial score (nSPS) is 16.9. The third-order valence-electron chi connectivity index (χ3n) is 5.90. The first-order chi connectivity index (χ1) is 16.9. The van der Waals surface area contributed by atoms with Crippen molar-refractivity contribution < 1.29 is 14.3 Å². The van der Waals surface area contributed by atoms with E-state index in [1.807, 2.05) is 6.07 Å². The Hall–Kier alpha value is -1.49. The molecule has 2 aliphatic heterocycles. The number of methoxy groups -OCH3 is 2. The molecule has 0 spiro atoms. The fourth-order valence-corrected chi connectivity index (χ4v) is 4.34. The minimum absolute atomic E-state index is 0.565. The fourth-order valence-electron chi connectivity index (χ4n) is 3.65. The van der Waals surface area contributed by atoms with Crippen LogP contribution in [0.3, 0.4) is 0 Å². The van der Waals surface area contributed by atoms with Gasteiger partial charge in [-0.3, -0.25) is 9.69 Å². The van der Waals surface area contributed by atoms with Crippen molar-refractivity contribution in [3.63, 3.8) is 0 Å². The highest BCUT2D eigenvalue weighted by Gasteiger charge is 2.15. The minimum atomic E-state index is 0.565. The average Bonchev–Trinajstić information content (AvgIpc) is 2.87. The van der Waals surface area contributed by atoms with E-state index in [2.05, 4.69) is 78.1 Å². The van der Waals surface area contributed by atoms with Crippen LogP contribution >= 0.6 is 31.9 Å². The summed E-state index contributed by atoms with van der Waals surface area (Å²) in [5, 5.41) is 3.27. The van der Waals surface area contributed by atoms with Crippen molar-refractivity contribution in [2.24, 2.45) is 0 Å². The molecule has 0 unspecified atom stereocenters. The van der Waals surface area contributed by atoms with Gasteiger partial charge in [-0.1, -0.05) is 37.9 Å². The number of hydrogen-bond acceptors (Lipinski definition) is 7. The second kappa shape index (κ2) is 16.3. The summed E-state index contributed by atoms with van der Waals surface area (Å²) in [6.45, 7) is 10.3. The Kier molecular flexibility index (Phi) is 13.8. The summed E-state index contributed by atoms with van der Waals surface area (Å²) in [6.07, 6.45) is 0.769. The molecular formula is C26H38Br2N4O3. The number of likely N-dealkylation sites (N-methyl/N-ethyl adjacent to an activating group) is 2. The van der Waals surface area contributed by atoms with Gasteiger partial charge in [0.15, 0.2) is 6.29 Å². The summed E-state index contributed by atoms with van der Waals surface area (Å²) >= 11 is 6.74. The maximum atomic E-state index is 10.4. The van der Waals surface area contributed by atoms with Crippen LogP contribution in [0.15, 0.2) is 45.3 Å². The summed E-state index contributed by atoms with van der Waals surface area (Å²) < 4.78 is 12.3. The Balaban J connectivity index is 0.000000205. The topological polar surface area (TPSA) is 57.3 Å². The molecule has 0 aromatic heterocycles. The summed E-state index contributed by atoms with van der Waals surface area (Å²) in [5.74, 6) is 1.56. The Bertz CT molecular complexity index is 902. The third kappa shape index (κ3) is 11.0. The van der Waals surface area contributed by atoms with Crippen molar-refractivity contribution in [3.8, 4) is 11.5 Å². The molecule has 1 N–H and O–H groups in total. The number of hydrogen-bond donors (Lipinski definition) is 1. The van der Waals surface area contributed by atoms with Crippen LogP contribution in [0.1, 0.15) is 15.9 Å². The van der Waals surface area contributed by atoms with E-state index < -0.39 is 0 Å². The molecule has 35 heavy (non-hydrogen) atoms. The molecule has 0 bridgehead atoms. The molecule has 2 heterocycles. The molecule has 2 aromatic carbocycles. The van der Waals surface area contributed by atoms with Gasteiger partial charge in [-0.2, -0.15) is 0 Å². The van der Waals surface area contributed by atoms with Crippen LogP contribution in [-0.2, 0) is 6.54 Å². The van der Waals surface area contributed by atoms with Crippen molar-refractivity contribution in [1.29, 1.82) is 0 Å². The monoisotopic (exact) mass is 612 g/mol. The van der Waals surface area contributed by atoms with Crippen molar-refractivity contribution in [1.82, 2.24) is 20.0 Å². The van der Waals surface area contributed by atoms with Crippen LogP contribution in [0.5, 0.6) is 11.5 Å². The van der Waals surface area contributed by atoms with E-state index in [0.29, 0.717) is 11.3 Å². The summed E-state index contributed by atoms with van der Waals surface area (Å²) in [7, 11) is 7.60. The quantitative estimate of drug-likeness (QED) is 0.512. The second-order valence-corrected chi connectivity index (χ2v) is 10.4. The molecule has 0 aliphatic carbocycles. The average molecular weight is 614 g/mol. The number of halogens is 2. The van der Waals surface area contributed by atoms with Gasteiger partial charge in [-0.25, -0.2) is 0 Å². The lowest BCUT2D eigenvalue weighted by Crippen LogP contribution is -2.43. The Labute approximate surface area is 227 Å². The number of nitrogens with zero attached hydrogens (tertiary/aromatic N) is 3. The summed E-state index contributed by atoms with van der Waals surface area (Å²) in [5.41, 5.74) is 1.83. The van der Waals surface area contributed by atoms with E-state index in [1.165, 1.54) is 25.8 Å². The Morgan fingerprint density at radius 3 is 1.89 bits per heavy atom. The minimum Gasteiger partial charge on any atom is -0.496 e. The van der Waals surface area contributed by atoms with Crippen LogP contribution in [0, 0.1) is 0 Å². The molecule has 2 aromatic rings. The molecule has 0 atom stereocenters. The summed E-state index contributed by atoms with van der Waals surface area (Å²) in [6, 6.07) is 11.5. The molecule has 194 valence electrons. The van der Waals surface area contributed by atoms with Gasteiger partial charge in [0.1, 0.15) is 11.5 Å². The zero-order valence-corrected chi connectivity index (χ0v) is 24.4. The second-order valence-electron chi connectivity index (χ2n) is 8.59. The van der Waals surface area contributed by atoms with E-state index in [9.17, 15) is 4.79 Å². The number of ether oxygens (including phenoxy) is 2. The van der Waals surface area contributed by atoms with E-state index in [1.54, 1.807) is 25.3 Å². The van der Waals surface area contributed by atoms with Gasteiger partial charge in [0, 0.05) is 73.4 Å². The lowest BCUT2D eigenvalue weighted by Gasteiger charge is -2.32. The highest BCUT2D eigenvalue weighted by atomic mass is 79.9. The van der Waals surface area contributed by atoms with Crippen molar-refractivity contribution in [2.45, 2.75) is 6.54 Å². The Morgan fingerprint density at radius 1 is 0.829 bits per heavy atom. The standard InChI is InChI=1S/C13H19BrN2O.C8H7BrO2.C5H12N2/c1-15-5-7-16(8-6-15)10-11-3-4-12(14)9-13(11)17-2;1-11-8-4-7(9)3-2-6(8)5-10;1-7-4-2-6-3-5-7/h3-4,9H,5-8,10H2,1-2H3;2-5H,1H3;6H,2-5H2,1H3. The Morgan fingerprint density at radius 2 is 1.37 bits per heavy atom. The van der Waals surface area contributed by atoms with Gasteiger partial charge in [0.25, 0.3) is 0 Å². The number of aldehydes is 1. The van der Waals surface area contributed by atoms with Crippen molar-refractivity contribution in [2.75, 3.05) is 80.7 Å². The van der Waals surface area contributed by atoms with Crippen LogP contribution in [0.25, 0.3) is 0 Å². The number of benzene rings is 2. The van der Waals surface area contributed by atoms with Crippen molar-refractivity contribution in [3.05, 3.63) is 56.5 Å². The first-order valence-electron chi connectivity index (χ1n) is 11.8. The lowest BCUT2D eigenvalue weighted by molar-refractivity contribution is 0.112. The number of rotatable bonds is 5. The number of carbonyl (C=O) groups is 1. The highest BCUT2D eigenvalue weighted by Crippen LogP contribution is 2.25. The zero-order chi connectivity index (χ0) is 25.6. The van der Waals surface area contributed by atoms with Gasteiger partial charge < -0.3 is 24.6 Å². The molecule has 9 heteroatoms. The van der Waals surface area contributed by atoms with Gasteiger partial charge >= 0.3 is 0 Å². The molecule has 0 saturated carbocycles. The van der Waals surface area contributed by atoms with Gasteiger partial charge in [-0.05, 0) is 44.4 Å². The number of carbonyl (C=O) groups excluding carboxylic acids is 1. The molecule has 7 nitrogen and oxygen atoms in total. The highest BCUT2D eigenvalue weighted by molar-refractivity contribution is 9.10. The predicted molar refractivity (Wildman–Crippen MR) is 150 cm³/mol. The van der Waals surface area contributed by atoms with Crippen molar-refractivity contribution >= 4 is 38.1 Å². The van der Waals surface area contributed by atoms with Gasteiger partial charge in [0.2, 0.25) is 0 Å². The van der Waals surface area contributed by atoms with E-state index in [0.717, 1.165) is 66.8 Å². The van der Waals surface area contributed by atoms with Crippen LogP contribution in [0.4, 0.5) is 0 Å². The molecule has 2 saturated heterocycles. The first-order valence-corrected chi connectivity index (χ1v) is 13.4. The fraction of sp³-hybridized carbons (Fsp3) is 0.500. The molecule has 0 radical (unpaired) electrons. The predicted octanol–water partition coefficient (Wildman–Crippen LogP) is 4.00. The maximum Gasteiger partial charge on any atom is 0.153 e. The molecule has 4 rings (SSSR count). The van der Waals surface area contributed by atoms with Crippen LogP contribution < -0.4 is 14.8 Å². The smallest absolute Gasteiger partial charge is 0.153 e. The SMILES string of the molecule is CN1CCNCC1.COc1cc(Br)ccc1C=O.COc1cc(Br)ccc1CN1CCN(C)CC1. The van der Waals surface area contributed by atoms with Gasteiger partial charge in [-0.15, -0.1) is 0 Å². The van der Waals surface area contributed by atoms with E-state index in [-0.39, 0.29) is 0 Å². The maximum absolute atomic E-state index is 10.4. The molecule has 0 amide bonds. The summed E-state index contributed by atoms with van der Waals surface area (Å²) in [4.78, 5) is 17.6. The molecular weight excluding hydrogens is 576 g/mol. The zero-order valence-electron chi connectivity index (χ0n) is 21.2. The third-order valence-corrected chi connectivity index (χ3v) is 6.89. The van der Waals surface area contributed by atoms with Crippen LogP contribution in [-0.4, -0.2) is 102 Å². The van der Waals surface area contributed by atoms with E-state index >= 15 is 0 Å². The van der Waals surface area contributed by atoms with Crippen LogP contribution in [0.2, 0.25) is 0 Å². The van der Waals surface area contributed by atoms with E-state index in [4.69, 9.17) is 9.47 Å². The first kappa shape index (κ1) is 29.7. The largest absolute Gasteiger partial charge is 0.496 e. The lowest BCUT2D eigenvalue weighted by atomic mass is 10.1. The number of piperazine rings is 2.